The summed E-state index contributed by atoms with van der Waals surface area (Å²) >= 11 is 0. The van der Waals surface area contributed by atoms with Gasteiger partial charge in [-0.1, -0.05) is 30.3 Å². The van der Waals surface area contributed by atoms with Crippen LogP contribution in [0.25, 0.3) is 0 Å². The molecule has 0 aliphatic carbocycles. The van der Waals surface area contributed by atoms with Gasteiger partial charge in [-0.3, -0.25) is 4.79 Å². The molecule has 2 N–H and O–H groups in total. The Morgan fingerprint density at radius 2 is 1.95 bits per heavy atom. The molecule has 0 radical (unpaired) electrons. The molecule has 0 saturated carbocycles. The zero-order valence-electron chi connectivity index (χ0n) is 11.0. The van der Waals surface area contributed by atoms with Gasteiger partial charge in [0.1, 0.15) is 11.6 Å². The number of phenolic OH excluding ortho intramolecular Hbond substituents is 1. The number of halogens is 1. The number of carboxylic acid groups (broad SMARTS) is 1. The lowest BCUT2D eigenvalue weighted by molar-refractivity contribution is -0.138. The van der Waals surface area contributed by atoms with Crippen LogP contribution in [-0.2, 0) is 11.2 Å². The lowest BCUT2D eigenvalue weighted by Gasteiger charge is -2.14. The molecule has 0 bridgehead atoms. The van der Waals surface area contributed by atoms with Crippen molar-refractivity contribution in [2.45, 2.75) is 19.3 Å². The second kappa shape index (κ2) is 5.74. The van der Waals surface area contributed by atoms with Crippen molar-refractivity contribution in [1.82, 2.24) is 0 Å². The number of hydrogen-bond acceptors (Lipinski definition) is 2. The molecule has 104 valence electrons. The minimum absolute atomic E-state index is 0.0475. The molecule has 1 unspecified atom stereocenters. The van der Waals surface area contributed by atoms with Crippen molar-refractivity contribution < 1.29 is 19.4 Å². The summed E-state index contributed by atoms with van der Waals surface area (Å²) < 4.78 is 13.6. The van der Waals surface area contributed by atoms with Gasteiger partial charge in [0.25, 0.3) is 0 Å². The Labute approximate surface area is 116 Å². The molecule has 0 fully saturated rings. The summed E-state index contributed by atoms with van der Waals surface area (Å²) in [6, 6.07) is 11.0. The van der Waals surface area contributed by atoms with Crippen molar-refractivity contribution in [1.29, 1.82) is 0 Å². The quantitative estimate of drug-likeness (QED) is 0.899. The van der Waals surface area contributed by atoms with Crippen LogP contribution in [-0.4, -0.2) is 16.2 Å². The summed E-state index contributed by atoms with van der Waals surface area (Å²) in [5, 5.41) is 19.1. The maximum Gasteiger partial charge on any atom is 0.311 e. The smallest absolute Gasteiger partial charge is 0.311 e. The van der Waals surface area contributed by atoms with Gasteiger partial charge in [0, 0.05) is 0 Å². The number of carboxylic acids is 1. The zero-order valence-corrected chi connectivity index (χ0v) is 11.0. The summed E-state index contributed by atoms with van der Waals surface area (Å²) in [5.41, 5.74) is 1.39. The molecule has 0 aliphatic heterocycles. The number of aryl methyl sites for hydroxylation is 1. The largest absolute Gasteiger partial charge is 0.508 e. The van der Waals surface area contributed by atoms with Gasteiger partial charge in [-0.15, -0.1) is 0 Å². The summed E-state index contributed by atoms with van der Waals surface area (Å²) in [7, 11) is 0. The summed E-state index contributed by atoms with van der Waals surface area (Å²) in [5.74, 6) is -2.31. The second-order valence-corrected chi connectivity index (χ2v) is 4.73. The van der Waals surface area contributed by atoms with Crippen LogP contribution in [0, 0.1) is 12.7 Å². The SMILES string of the molecule is Cc1ccc(C(Cc2ccccc2O)C(=O)O)cc1F. The normalized spacial score (nSPS) is 12.1. The molecule has 1 atom stereocenters. The van der Waals surface area contributed by atoms with E-state index in [1.807, 2.05) is 0 Å². The fraction of sp³-hybridized carbons (Fsp3) is 0.188. The van der Waals surface area contributed by atoms with E-state index < -0.39 is 17.7 Å². The number of hydrogen-bond donors (Lipinski definition) is 2. The number of carbonyl (C=O) groups is 1. The van der Waals surface area contributed by atoms with Crippen molar-refractivity contribution in [3.63, 3.8) is 0 Å². The molecule has 0 saturated heterocycles. The van der Waals surface area contributed by atoms with E-state index >= 15 is 0 Å². The Balaban J connectivity index is 2.34. The molecule has 3 nitrogen and oxygen atoms in total. The van der Waals surface area contributed by atoms with E-state index in [4.69, 9.17) is 0 Å². The van der Waals surface area contributed by atoms with E-state index in [1.54, 1.807) is 37.3 Å². The second-order valence-electron chi connectivity index (χ2n) is 4.73. The third kappa shape index (κ3) is 2.96. The summed E-state index contributed by atoms with van der Waals surface area (Å²) in [4.78, 5) is 11.4. The Morgan fingerprint density at radius 3 is 2.55 bits per heavy atom. The van der Waals surface area contributed by atoms with Crippen molar-refractivity contribution >= 4 is 5.97 Å². The minimum atomic E-state index is -1.04. The van der Waals surface area contributed by atoms with Crippen LogP contribution >= 0.6 is 0 Å². The maximum absolute atomic E-state index is 13.6. The van der Waals surface area contributed by atoms with Crippen LogP contribution in [0.15, 0.2) is 42.5 Å². The molecule has 2 rings (SSSR count). The molecule has 4 heteroatoms. The van der Waals surface area contributed by atoms with Crippen LogP contribution in [0.4, 0.5) is 4.39 Å². The van der Waals surface area contributed by atoms with Gasteiger partial charge >= 0.3 is 5.97 Å². The van der Waals surface area contributed by atoms with Crippen LogP contribution in [0.5, 0.6) is 5.75 Å². The van der Waals surface area contributed by atoms with Gasteiger partial charge in [-0.05, 0) is 42.2 Å². The Hall–Kier alpha value is -2.36. The zero-order chi connectivity index (χ0) is 14.7. The molecule has 20 heavy (non-hydrogen) atoms. The molecule has 2 aromatic carbocycles. The van der Waals surface area contributed by atoms with Gasteiger partial charge in [0.05, 0.1) is 5.92 Å². The van der Waals surface area contributed by atoms with Crippen LogP contribution in [0.3, 0.4) is 0 Å². The van der Waals surface area contributed by atoms with Crippen molar-refractivity contribution in [2.24, 2.45) is 0 Å². The Morgan fingerprint density at radius 1 is 1.25 bits per heavy atom. The highest BCUT2D eigenvalue weighted by atomic mass is 19.1. The van der Waals surface area contributed by atoms with E-state index in [1.165, 1.54) is 12.1 Å². The van der Waals surface area contributed by atoms with Gasteiger partial charge < -0.3 is 10.2 Å². The lowest BCUT2D eigenvalue weighted by Crippen LogP contribution is -2.15. The predicted octanol–water partition coefficient (Wildman–Crippen LogP) is 3.25. The summed E-state index contributed by atoms with van der Waals surface area (Å²) in [6.07, 6.45) is 0.116. The molecule has 0 spiro atoms. The first-order valence-corrected chi connectivity index (χ1v) is 6.24. The van der Waals surface area contributed by atoms with Gasteiger partial charge in [-0.25, -0.2) is 4.39 Å². The molecule has 0 aliphatic rings. The van der Waals surface area contributed by atoms with Crippen molar-refractivity contribution in [2.75, 3.05) is 0 Å². The highest BCUT2D eigenvalue weighted by Crippen LogP contribution is 2.27. The number of phenols is 1. The standard InChI is InChI=1S/C16H15FO3/c1-10-6-7-11(9-14(10)17)13(16(19)20)8-12-4-2-3-5-15(12)18/h2-7,9,13,18H,8H2,1H3,(H,19,20). The summed E-state index contributed by atoms with van der Waals surface area (Å²) in [6.45, 7) is 1.62. The number of aliphatic carboxylic acids is 1. The van der Waals surface area contributed by atoms with E-state index in [9.17, 15) is 19.4 Å². The van der Waals surface area contributed by atoms with Crippen molar-refractivity contribution in [3.05, 3.63) is 65.0 Å². The first-order chi connectivity index (χ1) is 9.49. The number of para-hydroxylation sites is 1. The first-order valence-electron chi connectivity index (χ1n) is 6.24. The first kappa shape index (κ1) is 14.1. The number of aromatic hydroxyl groups is 1. The van der Waals surface area contributed by atoms with Crippen LogP contribution < -0.4 is 0 Å². The third-order valence-electron chi connectivity index (χ3n) is 3.31. The molecule has 0 heterocycles. The fourth-order valence-electron chi connectivity index (χ4n) is 2.08. The molecular weight excluding hydrogens is 259 g/mol. The third-order valence-corrected chi connectivity index (χ3v) is 3.31. The molecule has 0 aromatic heterocycles. The number of benzene rings is 2. The fourth-order valence-corrected chi connectivity index (χ4v) is 2.08. The van der Waals surface area contributed by atoms with Crippen LogP contribution in [0.2, 0.25) is 0 Å². The average Bonchev–Trinajstić information content (AvgIpc) is 2.41. The highest BCUT2D eigenvalue weighted by molar-refractivity contribution is 5.76. The Bertz CT molecular complexity index is 637. The predicted molar refractivity (Wildman–Crippen MR) is 73.3 cm³/mol. The minimum Gasteiger partial charge on any atom is -0.508 e. The highest BCUT2D eigenvalue weighted by Gasteiger charge is 2.22. The molecule has 2 aromatic rings. The average molecular weight is 274 g/mol. The maximum atomic E-state index is 13.6. The van der Waals surface area contributed by atoms with Gasteiger partial charge in [0.15, 0.2) is 0 Å². The van der Waals surface area contributed by atoms with Gasteiger partial charge in [-0.2, -0.15) is 0 Å². The molecule has 0 amide bonds. The topological polar surface area (TPSA) is 57.5 Å². The van der Waals surface area contributed by atoms with Crippen molar-refractivity contribution in [3.8, 4) is 5.75 Å². The lowest BCUT2D eigenvalue weighted by atomic mass is 9.91. The monoisotopic (exact) mass is 274 g/mol. The molecular formula is C16H15FO3. The van der Waals surface area contributed by atoms with Crippen LogP contribution in [0.1, 0.15) is 22.6 Å². The van der Waals surface area contributed by atoms with E-state index in [0.29, 0.717) is 16.7 Å². The van der Waals surface area contributed by atoms with E-state index in [0.717, 1.165) is 0 Å². The number of rotatable bonds is 4. The van der Waals surface area contributed by atoms with E-state index in [2.05, 4.69) is 0 Å². The Kier molecular flexibility index (Phi) is 4.03. The van der Waals surface area contributed by atoms with Gasteiger partial charge in [0.2, 0.25) is 0 Å². The van der Waals surface area contributed by atoms with E-state index in [-0.39, 0.29) is 12.2 Å².